The third-order valence-corrected chi connectivity index (χ3v) is 2.98. The van der Waals surface area contributed by atoms with Crippen molar-refractivity contribution in [3.8, 4) is 0 Å². The molecular formula is C12H24N2O5. The summed E-state index contributed by atoms with van der Waals surface area (Å²) in [5, 5.41) is 20.5. The minimum absolute atomic E-state index is 0.141. The van der Waals surface area contributed by atoms with Crippen LogP contribution in [0.2, 0.25) is 0 Å². The lowest BCUT2D eigenvalue weighted by Gasteiger charge is -2.26. The van der Waals surface area contributed by atoms with Gasteiger partial charge in [0.1, 0.15) is 6.04 Å². The van der Waals surface area contributed by atoms with Gasteiger partial charge in [0.05, 0.1) is 13.2 Å². The van der Waals surface area contributed by atoms with Crippen LogP contribution in [-0.2, 0) is 9.53 Å². The van der Waals surface area contributed by atoms with Crippen LogP contribution in [0.3, 0.4) is 0 Å². The molecule has 0 saturated heterocycles. The predicted octanol–water partition coefficient (Wildman–Crippen LogP) is 0.136. The molecule has 7 nitrogen and oxygen atoms in total. The Morgan fingerprint density at radius 1 is 1.37 bits per heavy atom. The van der Waals surface area contributed by atoms with Crippen LogP contribution in [0.4, 0.5) is 4.79 Å². The van der Waals surface area contributed by atoms with Gasteiger partial charge >= 0.3 is 12.0 Å². The molecule has 0 radical (unpaired) electrons. The highest BCUT2D eigenvalue weighted by Gasteiger charge is 2.27. The van der Waals surface area contributed by atoms with Crippen LogP contribution in [0, 0.1) is 5.92 Å². The van der Waals surface area contributed by atoms with Crippen LogP contribution < -0.4 is 5.32 Å². The van der Waals surface area contributed by atoms with Gasteiger partial charge in [-0.25, -0.2) is 9.59 Å². The van der Waals surface area contributed by atoms with Crippen molar-refractivity contribution in [2.45, 2.75) is 26.3 Å². The Kier molecular flexibility index (Phi) is 8.90. The summed E-state index contributed by atoms with van der Waals surface area (Å²) in [6.45, 7) is 4.22. The number of amides is 2. The van der Waals surface area contributed by atoms with Crippen LogP contribution in [0.25, 0.3) is 0 Å². The van der Waals surface area contributed by atoms with Crippen molar-refractivity contribution in [3.05, 3.63) is 0 Å². The number of aliphatic carboxylic acids is 1. The van der Waals surface area contributed by atoms with E-state index >= 15 is 0 Å². The molecule has 0 spiro atoms. The van der Waals surface area contributed by atoms with E-state index in [2.05, 4.69) is 5.32 Å². The molecule has 2 atom stereocenters. The highest BCUT2D eigenvalue weighted by Crippen LogP contribution is 2.08. The molecule has 0 aliphatic carbocycles. The molecule has 0 bridgehead atoms. The van der Waals surface area contributed by atoms with Crippen molar-refractivity contribution in [1.82, 2.24) is 10.2 Å². The topological polar surface area (TPSA) is 99.1 Å². The van der Waals surface area contributed by atoms with Gasteiger partial charge in [0.25, 0.3) is 0 Å². The van der Waals surface area contributed by atoms with Crippen molar-refractivity contribution >= 4 is 12.0 Å². The van der Waals surface area contributed by atoms with Gasteiger partial charge in [0.2, 0.25) is 0 Å². The number of carbonyl (C=O) groups excluding carboxylic acids is 1. The number of hydrogen-bond acceptors (Lipinski definition) is 4. The second kappa shape index (κ2) is 9.57. The molecule has 0 rings (SSSR count). The number of rotatable bonds is 9. The molecule has 0 saturated carbocycles. The van der Waals surface area contributed by atoms with Crippen molar-refractivity contribution in [2.24, 2.45) is 5.92 Å². The lowest BCUT2D eigenvalue weighted by atomic mass is 9.99. The molecule has 3 N–H and O–H groups in total. The van der Waals surface area contributed by atoms with Gasteiger partial charge in [-0.15, -0.1) is 0 Å². The predicted molar refractivity (Wildman–Crippen MR) is 69.9 cm³/mol. The van der Waals surface area contributed by atoms with Crippen LogP contribution in [0.15, 0.2) is 0 Å². The monoisotopic (exact) mass is 276 g/mol. The molecule has 0 aromatic rings. The Morgan fingerprint density at radius 2 is 2.00 bits per heavy atom. The standard InChI is InChI=1S/C12H24N2O5/c1-4-9(2)10(11(16)17)13-12(18)14(5-7-15)6-8-19-3/h9-10,15H,4-8H2,1-3H3,(H,13,18)(H,16,17)/t9-,10-/m0/s1. The van der Waals surface area contributed by atoms with Crippen molar-refractivity contribution in [2.75, 3.05) is 33.4 Å². The second-order valence-corrected chi connectivity index (χ2v) is 4.35. The average molecular weight is 276 g/mol. The van der Waals surface area contributed by atoms with Crippen molar-refractivity contribution in [3.63, 3.8) is 0 Å². The zero-order valence-corrected chi connectivity index (χ0v) is 11.8. The maximum atomic E-state index is 12.0. The number of aliphatic hydroxyl groups is 1. The number of hydrogen-bond donors (Lipinski definition) is 3. The van der Waals surface area contributed by atoms with Crippen LogP contribution in [0.1, 0.15) is 20.3 Å². The summed E-state index contributed by atoms with van der Waals surface area (Å²) in [7, 11) is 1.51. The maximum absolute atomic E-state index is 12.0. The first-order valence-corrected chi connectivity index (χ1v) is 6.35. The first kappa shape index (κ1) is 17.7. The van der Waals surface area contributed by atoms with Gasteiger partial charge in [0.15, 0.2) is 0 Å². The number of nitrogens with one attached hydrogen (secondary N) is 1. The molecule has 0 aliphatic rings. The normalized spacial score (nSPS) is 13.7. The smallest absolute Gasteiger partial charge is 0.326 e. The average Bonchev–Trinajstić information content (AvgIpc) is 2.39. The number of methoxy groups -OCH3 is 1. The Balaban J connectivity index is 4.60. The first-order chi connectivity index (χ1) is 8.97. The van der Waals surface area contributed by atoms with E-state index in [0.29, 0.717) is 19.6 Å². The minimum Gasteiger partial charge on any atom is -0.480 e. The first-order valence-electron chi connectivity index (χ1n) is 6.35. The Hall–Kier alpha value is -1.34. The van der Waals surface area contributed by atoms with Crippen LogP contribution in [-0.4, -0.2) is 66.6 Å². The van der Waals surface area contributed by atoms with Gasteiger partial charge < -0.3 is 25.2 Å². The van der Waals surface area contributed by atoms with Gasteiger partial charge in [-0.2, -0.15) is 0 Å². The molecule has 0 fully saturated rings. The van der Waals surface area contributed by atoms with Crippen LogP contribution in [0.5, 0.6) is 0 Å². The second-order valence-electron chi connectivity index (χ2n) is 4.35. The summed E-state index contributed by atoms with van der Waals surface area (Å²) in [6.07, 6.45) is 0.648. The molecule has 0 aliphatic heterocycles. The highest BCUT2D eigenvalue weighted by molar-refractivity contribution is 5.82. The number of urea groups is 1. The number of aliphatic hydroxyl groups excluding tert-OH is 1. The fourth-order valence-electron chi connectivity index (χ4n) is 1.54. The van der Waals surface area contributed by atoms with Crippen molar-refractivity contribution in [1.29, 1.82) is 0 Å². The molecule has 112 valence electrons. The lowest BCUT2D eigenvalue weighted by molar-refractivity contribution is -0.140. The minimum atomic E-state index is -1.06. The molecule has 7 heteroatoms. The van der Waals surface area contributed by atoms with E-state index in [1.807, 2.05) is 6.92 Å². The van der Waals surface area contributed by atoms with Gasteiger partial charge in [-0.3, -0.25) is 0 Å². The maximum Gasteiger partial charge on any atom is 0.326 e. The molecular weight excluding hydrogens is 252 g/mol. The summed E-state index contributed by atoms with van der Waals surface area (Å²) in [6, 6.07) is -1.43. The molecule has 0 heterocycles. The Labute approximate surface area is 113 Å². The van der Waals surface area contributed by atoms with Crippen molar-refractivity contribution < 1.29 is 24.5 Å². The summed E-state index contributed by atoms with van der Waals surface area (Å²) in [5.74, 6) is -1.22. The molecule has 0 aromatic heterocycles. The molecule has 2 amide bonds. The number of carboxylic acid groups (broad SMARTS) is 1. The third kappa shape index (κ3) is 6.40. The van der Waals surface area contributed by atoms with E-state index in [0.717, 1.165) is 0 Å². The van der Waals surface area contributed by atoms with Gasteiger partial charge in [-0.1, -0.05) is 20.3 Å². The quantitative estimate of drug-likeness (QED) is 0.556. The highest BCUT2D eigenvalue weighted by atomic mass is 16.5. The molecule has 0 aromatic carbocycles. The largest absolute Gasteiger partial charge is 0.480 e. The number of carboxylic acids is 1. The summed E-state index contributed by atoms with van der Waals surface area (Å²) in [4.78, 5) is 24.4. The molecule has 0 unspecified atom stereocenters. The summed E-state index contributed by atoms with van der Waals surface area (Å²) in [5.41, 5.74) is 0. The Bertz CT molecular complexity index is 285. The van der Waals surface area contributed by atoms with Gasteiger partial charge in [-0.05, 0) is 5.92 Å². The Morgan fingerprint density at radius 3 is 2.42 bits per heavy atom. The SMILES string of the molecule is CC[C@H](C)[C@H](NC(=O)N(CCO)CCOC)C(=O)O. The zero-order chi connectivity index (χ0) is 14.8. The van der Waals surface area contributed by atoms with E-state index in [9.17, 15) is 9.59 Å². The fourth-order valence-corrected chi connectivity index (χ4v) is 1.54. The van der Waals surface area contributed by atoms with E-state index in [-0.39, 0.29) is 19.1 Å². The van der Waals surface area contributed by atoms with E-state index in [4.69, 9.17) is 14.9 Å². The van der Waals surface area contributed by atoms with Crippen LogP contribution >= 0.6 is 0 Å². The number of ether oxygens (including phenoxy) is 1. The van der Waals surface area contributed by atoms with E-state index in [1.54, 1.807) is 6.92 Å². The zero-order valence-electron chi connectivity index (χ0n) is 11.8. The summed E-state index contributed by atoms with van der Waals surface area (Å²) >= 11 is 0. The number of carbonyl (C=O) groups is 2. The fraction of sp³-hybridized carbons (Fsp3) is 0.833. The van der Waals surface area contributed by atoms with E-state index < -0.39 is 18.0 Å². The number of nitrogens with zero attached hydrogens (tertiary/aromatic N) is 1. The van der Waals surface area contributed by atoms with E-state index in [1.165, 1.54) is 12.0 Å². The summed E-state index contributed by atoms with van der Waals surface area (Å²) < 4.78 is 4.87. The lowest BCUT2D eigenvalue weighted by Crippen LogP contribution is -2.51. The van der Waals surface area contributed by atoms with Gasteiger partial charge in [0, 0.05) is 20.2 Å². The third-order valence-electron chi connectivity index (χ3n) is 2.98. The molecule has 19 heavy (non-hydrogen) atoms.